The van der Waals surface area contributed by atoms with Crippen LogP contribution in [0, 0.1) is 24.0 Å². The second-order valence-electron chi connectivity index (χ2n) is 5.78. The molecular weight excluding hydrogens is 316 g/mol. The molecule has 1 fully saturated rings. The van der Waals surface area contributed by atoms with Gasteiger partial charge in [-0.15, -0.1) is 0 Å². The summed E-state index contributed by atoms with van der Waals surface area (Å²) in [5.41, 5.74) is 2.40. The molecule has 2 aromatic heterocycles. The summed E-state index contributed by atoms with van der Waals surface area (Å²) in [5, 5.41) is 10.5. The largest absolute Gasteiger partial charge is 0.451 e. The number of carbonyl (C=O) groups excluding carboxylic acids is 2. The van der Waals surface area contributed by atoms with E-state index in [0.29, 0.717) is 11.6 Å². The molecule has 0 spiro atoms. The number of aromatic nitrogens is 1. The van der Waals surface area contributed by atoms with Crippen LogP contribution in [0.15, 0.2) is 22.6 Å². The zero-order chi connectivity index (χ0) is 17.4. The average Bonchev–Trinajstić information content (AvgIpc) is 3.14. The molecule has 3 rings (SSSR count). The smallest absolute Gasteiger partial charge is 0.433 e. The predicted octanol–water partition coefficient (Wildman–Crippen LogP) is 2.98. The number of furan rings is 1. The number of hydrogen-bond acceptors (Lipinski definition) is 6. The van der Waals surface area contributed by atoms with Crippen molar-refractivity contribution in [1.29, 1.82) is 0 Å². The fourth-order valence-corrected chi connectivity index (χ4v) is 2.77. The highest BCUT2D eigenvalue weighted by Gasteiger charge is 2.28. The van der Waals surface area contributed by atoms with Crippen LogP contribution in [0.25, 0.3) is 0 Å². The van der Waals surface area contributed by atoms with E-state index in [0.717, 1.165) is 36.4 Å². The van der Waals surface area contributed by atoms with Crippen LogP contribution in [0.2, 0.25) is 0 Å². The lowest BCUT2D eigenvalue weighted by Crippen LogP contribution is -2.14. The van der Waals surface area contributed by atoms with Gasteiger partial charge in [-0.1, -0.05) is 0 Å². The minimum absolute atomic E-state index is 0.307. The maximum absolute atomic E-state index is 12.3. The van der Waals surface area contributed by atoms with Crippen molar-refractivity contribution in [1.82, 2.24) is 4.57 Å². The fourth-order valence-electron chi connectivity index (χ4n) is 2.77. The molecular formula is C16H16N2O6. The van der Waals surface area contributed by atoms with Gasteiger partial charge >= 0.3 is 11.9 Å². The van der Waals surface area contributed by atoms with E-state index in [9.17, 15) is 19.7 Å². The van der Waals surface area contributed by atoms with Gasteiger partial charge in [0.2, 0.25) is 11.5 Å². The first-order chi connectivity index (χ1) is 11.4. The summed E-state index contributed by atoms with van der Waals surface area (Å²) in [6, 6.07) is 4.45. The van der Waals surface area contributed by atoms with Crippen LogP contribution in [-0.4, -0.2) is 27.8 Å². The van der Waals surface area contributed by atoms with Crippen molar-refractivity contribution in [3.63, 3.8) is 0 Å². The third-order valence-electron chi connectivity index (χ3n) is 4.00. The highest BCUT2D eigenvalue weighted by atomic mass is 16.7. The molecule has 8 nitrogen and oxygen atoms in total. The molecule has 0 atom stereocenters. The topological polar surface area (TPSA) is 105 Å². The molecule has 2 aromatic rings. The summed E-state index contributed by atoms with van der Waals surface area (Å²) >= 11 is 0. The number of esters is 1. The molecule has 1 saturated carbocycles. The fraction of sp³-hybridized carbons (Fsp3) is 0.375. The van der Waals surface area contributed by atoms with Crippen LogP contribution < -0.4 is 0 Å². The molecule has 0 saturated heterocycles. The van der Waals surface area contributed by atoms with E-state index in [1.165, 1.54) is 0 Å². The van der Waals surface area contributed by atoms with E-state index in [2.05, 4.69) is 4.57 Å². The van der Waals surface area contributed by atoms with Crippen LogP contribution in [0.5, 0.6) is 0 Å². The van der Waals surface area contributed by atoms with Gasteiger partial charge in [-0.2, -0.15) is 0 Å². The molecule has 0 aromatic carbocycles. The van der Waals surface area contributed by atoms with Crippen LogP contribution in [0.1, 0.15) is 51.2 Å². The van der Waals surface area contributed by atoms with Crippen molar-refractivity contribution in [3.05, 3.63) is 51.0 Å². The van der Waals surface area contributed by atoms with Gasteiger partial charge in [-0.3, -0.25) is 14.9 Å². The number of Topliss-reactive ketones (excluding diaryl/α,β-unsaturated/α-hetero) is 1. The number of ketones is 1. The molecule has 1 aliphatic rings. The van der Waals surface area contributed by atoms with E-state index in [1.54, 1.807) is 6.07 Å². The van der Waals surface area contributed by atoms with Crippen molar-refractivity contribution in [2.75, 3.05) is 6.61 Å². The number of ether oxygens (including phenoxy) is 1. The van der Waals surface area contributed by atoms with Gasteiger partial charge in [0.15, 0.2) is 6.61 Å². The molecule has 2 heterocycles. The van der Waals surface area contributed by atoms with E-state index in [1.807, 2.05) is 13.8 Å². The van der Waals surface area contributed by atoms with E-state index in [4.69, 9.17) is 9.15 Å². The molecule has 8 heteroatoms. The monoisotopic (exact) mass is 332 g/mol. The number of nitrogens with zero attached hydrogens (tertiary/aromatic N) is 2. The van der Waals surface area contributed by atoms with Gasteiger partial charge in [0.1, 0.15) is 4.92 Å². The van der Waals surface area contributed by atoms with Crippen LogP contribution in [0.4, 0.5) is 5.88 Å². The minimum Gasteiger partial charge on any atom is -0.451 e. The molecule has 0 radical (unpaired) electrons. The molecule has 0 bridgehead atoms. The summed E-state index contributed by atoms with van der Waals surface area (Å²) in [4.78, 5) is 33.9. The molecule has 0 aliphatic heterocycles. The first kappa shape index (κ1) is 16.0. The zero-order valence-corrected chi connectivity index (χ0v) is 13.3. The summed E-state index contributed by atoms with van der Waals surface area (Å²) in [6.07, 6.45) is 2.21. The summed E-state index contributed by atoms with van der Waals surface area (Å²) < 4.78 is 11.8. The number of nitro groups is 1. The number of carbonyl (C=O) groups is 2. The number of rotatable bonds is 6. The van der Waals surface area contributed by atoms with Crippen molar-refractivity contribution in [3.8, 4) is 0 Å². The Labute approximate surface area is 137 Å². The molecule has 0 unspecified atom stereocenters. The van der Waals surface area contributed by atoms with Gasteiger partial charge < -0.3 is 13.7 Å². The Balaban J connectivity index is 1.66. The Bertz CT molecular complexity index is 828. The van der Waals surface area contributed by atoms with Crippen LogP contribution in [0.3, 0.4) is 0 Å². The van der Waals surface area contributed by atoms with E-state index < -0.39 is 23.4 Å². The Hall–Kier alpha value is -2.90. The maximum Gasteiger partial charge on any atom is 0.433 e. The maximum atomic E-state index is 12.3. The van der Waals surface area contributed by atoms with Gasteiger partial charge in [-0.05, 0) is 38.8 Å². The quantitative estimate of drug-likeness (QED) is 0.348. The Morgan fingerprint density at radius 1 is 1.38 bits per heavy atom. The second kappa shape index (κ2) is 5.95. The zero-order valence-electron chi connectivity index (χ0n) is 13.3. The first-order valence-corrected chi connectivity index (χ1v) is 7.51. The Kier molecular flexibility index (Phi) is 3.96. The Morgan fingerprint density at radius 3 is 2.67 bits per heavy atom. The van der Waals surface area contributed by atoms with Gasteiger partial charge in [0, 0.05) is 23.0 Å². The Morgan fingerprint density at radius 2 is 2.08 bits per heavy atom. The lowest BCUT2D eigenvalue weighted by atomic mass is 10.1. The van der Waals surface area contributed by atoms with Crippen molar-refractivity contribution in [2.24, 2.45) is 0 Å². The average molecular weight is 332 g/mol. The number of aryl methyl sites for hydroxylation is 1. The van der Waals surface area contributed by atoms with Gasteiger partial charge in [0.25, 0.3) is 0 Å². The standard InChI is InChI=1S/C16H16N2O6/c1-9-7-12(10(2)17(9)11-3-4-11)13(19)8-23-16(20)14-5-6-15(24-14)18(21)22/h5-7,11H,3-4,8H2,1-2H3. The molecule has 0 N–H and O–H groups in total. The van der Waals surface area contributed by atoms with Crippen LogP contribution >= 0.6 is 0 Å². The van der Waals surface area contributed by atoms with Crippen molar-refractivity contribution < 1.29 is 23.7 Å². The third kappa shape index (κ3) is 2.94. The van der Waals surface area contributed by atoms with Crippen molar-refractivity contribution >= 4 is 17.6 Å². The molecule has 1 aliphatic carbocycles. The van der Waals surface area contributed by atoms with Crippen molar-refractivity contribution in [2.45, 2.75) is 32.7 Å². The summed E-state index contributed by atoms with van der Waals surface area (Å²) in [5.74, 6) is -2.09. The SMILES string of the molecule is Cc1cc(C(=O)COC(=O)c2ccc([N+](=O)[O-])o2)c(C)n1C1CC1. The summed E-state index contributed by atoms with van der Waals surface area (Å²) in [7, 11) is 0. The van der Waals surface area contributed by atoms with E-state index >= 15 is 0 Å². The van der Waals surface area contributed by atoms with Gasteiger partial charge in [-0.25, -0.2) is 4.79 Å². The molecule has 0 amide bonds. The highest BCUT2D eigenvalue weighted by molar-refractivity contribution is 6.00. The normalized spacial score (nSPS) is 13.8. The van der Waals surface area contributed by atoms with Gasteiger partial charge in [0.05, 0.1) is 6.07 Å². The third-order valence-corrected chi connectivity index (χ3v) is 4.00. The van der Waals surface area contributed by atoms with Crippen LogP contribution in [-0.2, 0) is 4.74 Å². The molecule has 126 valence electrons. The predicted molar refractivity (Wildman–Crippen MR) is 82.2 cm³/mol. The second-order valence-corrected chi connectivity index (χ2v) is 5.78. The highest BCUT2D eigenvalue weighted by Crippen LogP contribution is 2.38. The molecule has 24 heavy (non-hydrogen) atoms. The first-order valence-electron chi connectivity index (χ1n) is 7.51. The lowest BCUT2D eigenvalue weighted by molar-refractivity contribution is -0.402. The lowest BCUT2D eigenvalue weighted by Gasteiger charge is -2.07. The summed E-state index contributed by atoms with van der Waals surface area (Å²) in [6.45, 7) is 3.37. The number of hydrogen-bond donors (Lipinski definition) is 0. The minimum atomic E-state index is -0.910. The van der Waals surface area contributed by atoms with E-state index in [-0.39, 0.29) is 11.5 Å².